The first-order valence-electron chi connectivity index (χ1n) is 9.49. The van der Waals surface area contributed by atoms with E-state index in [1.165, 1.54) is 11.1 Å². The summed E-state index contributed by atoms with van der Waals surface area (Å²) >= 11 is 6.22. The van der Waals surface area contributed by atoms with E-state index in [0.29, 0.717) is 13.2 Å². The predicted octanol–water partition coefficient (Wildman–Crippen LogP) is 5.76. The van der Waals surface area contributed by atoms with Crippen molar-refractivity contribution in [3.8, 4) is 0 Å². The largest absolute Gasteiger partial charge is 0.467 e. The Balaban J connectivity index is 1.55. The van der Waals surface area contributed by atoms with Gasteiger partial charge >= 0.3 is 0 Å². The number of ether oxygens (including phenoxy) is 1. The molecule has 0 atom stereocenters. The summed E-state index contributed by atoms with van der Waals surface area (Å²) in [6, 6.07) is 23.7. The van der Waals surface area contributed by atoms with Crippen LogP contribution in [-0.2, 0) is 36.0 Å². The van der Waals surface area contributed by atoms with Crippen LogP contribution in [0.2, 0.25) is 0 Å². The molecule has 4 heteroatoms. The highest BCUT2D eigenvalue weighted by atomic mass is 32.4. The Morgan fingerprint density at radius 1 is 0.741 bits per heavy atom. The molecular weight excluding hydrogens is 371 g/mol. The minimum Gasteiger partial charge on any atom is -0.467 e. The number of hydrogen-bond acceptors (Lipinski definition) is 3. The molecule has 1 heterocycles. The van der Waals surface area contributed by atoms with Crippen molar-refractivity contribution in [3.05, 3.63) is 95.9 Å². The maximum absolute atomic E-state index is 6.22. The third kappa shape index (κ3) is 7.10. The van der Waals surface area contributed by atoms with E-state index >= 15 is 0 Å². The van der Waals surface area contributed by atoms with Gasteiger partial charge in [0, 0.05) is 6.16 Å². The molecule has 0 spiro atoms. The van der Waals surface area contributed by atoms with Crippen LogP contribution in [0.15, 0.2) is 83.5 Å². The number of aryl methyl sites for hydroxylation is 2. The van der Waals surface area contributed by atoms with E-state index in [2.05, 4.69) is 60.7 Å². The van der Waals surface area contributed by atoms with Gasteiger partial charge in [0.2, 0.25) is 0 Å². The minimum absolute atomic E-state index is 0.527. The fraction of sp³-hybridized carbons (Fsp3) is 0.304. The molecule has 0 bridgehead atoms. The summed E-state index contributed by atoms with van der Waals surface area (Å²) in [5.74, 6) is 0.872. The van der Waals surface area contributed by atoms with Gasteiger partial charge in [-0.1, -0.05) is 72.5 Å². The zero-order chi connectivity index (χ0) is 18.8. The first-order valence-corrected chi connectivity index (χ1v) is 12.8. The van der Waals surface area contributed by atoms with Gasteiger partial charge in [0.25, 0.3) is 0 Å². The summed E-state index contributed by atoms with van der Waals surface area (Å²) in [7, 11) is 0. The highest BCUT2D eigenvalue weighted by Gasteiger charge is 2.17. The van der Waals surface area contributed by atoms with Crippen LogP contribution >= 0.6 is 6.04 Å². The van der Waals surface area contributed by atoms with Crippen molar-refractivity contribution in [3.63, 3.8) is 0 Å². The number of benzene rings is 2. The van der Waals surface area contributed by atoms with E-state index < -0.39 is 6.04 Å². The molecule has 0 saturated heterocycles. The van der Waals surface area contributed by atoms with Gasteiger partial charge in [-0.05, 0) is 54.5 Å². The van der Waals surface area contributed by atoms with Crippen LogP contribution in [-0.4, -0.2) is 25.1 Å². The summed E-state index contributed by atoms with van der Waals surface area (Å²) in [4.78, 5) is 0. The molecule has 0 aliphatic rings. The number of furan rings is 1. The third-order valence-electron chi connectivity index (χ3n) is 4.77. The lowest BCUT2D eigenvalue weighted by Gasteiger charge is -2.22. The first kappa shape index (κ1) is 20.1. The van der Waals surface area contributed by atoms with Crippen molar-refractivity contribution in [1.82, 2.24) is 0 Å². The normalized spacial score (nSPS) is 11.6. The summed E-state index contributed by atoms with van der Waals surface area (Å²) in [6.07, 6.45) is 6.99. The van der Waals surface area contributed by atoms with Gasteiger partial charge in [-0.15, -0.1) is 0 Å². The standard InChI is InChI=1S/C23H27O2PS/c27-26(17-13-21-8-3-1-4-9-21,18-14-22-10-5-2-6-11-22)19-16-24-20-23-12-7-15-25-23/h1-12,15H,13-14,16-20H2. The Bertz CT molecular complexity index is 769. The fourth-order valence-corrected chi connectivity index (χ4v) is 6.32. The molecule has 142 valence electrons. The zero-order valence-electron chi connectivity index (χ0n) is 15.6. The highest BCUT2D eigenvalue weighted by Crippen LogP contribution is 2.46. The van der Waals surface area contributed by atoms with Gasteiger partial charge in [-0.3, -0.25) is 0 Å². The second-order valence-corrected chi connectivity index (χ2v) is 12.6. The van der Waals surface area contributed by atoms with Crippen molar-refractivity contribution in [2.45, 2.75) is 19.4 Å². The van der Waals surface area contributed by atoms with E-state index in [1.54, 1.807) is 6.26 Å². The second kappa shape index (κ2) is 10.6. The summed E-state index contributed by atoms with van der Waals surface area (Å²) in [5.41, 5.74) is 2.76. The van der Waals surface area contributed by atoms with Crippen molar-refractivity contribution in [2.24, 2.45) is 0 Å². The Morgan fingerprint density at radius 2 is 1.33 bits per heavy atom. The molecule has 0 N–H and O–H groups in total. The molecule has 0 fully saturated rings. The molecule has 0 aliphatic heterocycles. The molecule has 27 heavy (non-hydrogen) atoms. The van der Waals surface area contributed by atoms with Crippen LogP contribution in [0.5, 0.6) is 0 Å². The quantitative estimate of drug-likeness (QED) is 0.303. The van der Waals surface area contributed by atoms with Crippen LogP contribution in [0.25, 0.3) is 0 Å². The lowest BCUT2D eigenvalue weighted by molar-refractivity contribution is 0.120. The molecule has 3 rings (SSSR count). The van der Waals surface area contributed by atoms with Crippen molar-refractivity contribution >= 4 is 17.8 Å². The van der Waals surface area contributed by atoms with Crippen LogP contribution in [0.4, 0.5) is 0 Å². The molecule has 2 nitrogen and oxygen atoms in total. The highest BCUT2D eigenvalue weighted by molar-refractivity contribution is 8.14. The fourth-order valence-electron chi connectivity index (χ4n) is 3.09. The first-order chi connectivity index (χ1) is 13.2. The SMILES string of the molecule is S=P(CCOCc1ccco1)(CCc1ccccc1)CCc1ccccc1. The maximum atomic E-state index is 6.22. The minimum atomic E-state index is -1.48. The van der Waals surface area contributed by atoms with Gasteiger partial charge < -0.3 is 9.15 Å². The average molecular weight is 399 g/mol. The summed E-state index contributed by atoms with van der Waals surface area (Å²) in [6.45, 7) is 1.24. The molecule has 2 aromatic carbocycles. The van der Waals surface area contributed by atoms with Crippen LogP contribution in [0, 0.1) is 0 Å². The molecule has 3 aromatic rings. The maximum Gasteiger partial charge on any atom is 0.129 e. The van der Waals surface area contributed by atoms with Gasteiger partial charge in [0.1, 0.15) is 12.4 Å². The van der Waals surface area contributed by atoms with Crippen molar-refractivity contribution < 1.29 is 9.15 Å². The van der Waals surface area contributed by atoms with Crippen molar-refractivity contribution in [2.75, 3.05) is 25.1 Å². The van der Waals surface area contributed by atoms with Gasteiger partial charge in [0.05, 0.1) is 12.9 Å². The van der Waals surface area contributed by atoms with Crippen molar-refractivity contribution in [1.29, 1.82) is 0 Å². The van der Waals surface area contributed by atoms with Gasteiger partial charge in [-0.25, -0.2) is 0 Å². The smallest absolute Gasteiger partial charge is 0.129 e. The molecule has 0 saturated carbocycles. The van der Waals surface area contributed by atoms with Crippen LogP contribution < -0.4 is 0 Å². The lowest BCUT2D eigenvalue weighted by Crippen LogP contribution is -2.09. The Morgan fingerprint density at radius 3 is 1.85 bits per heavy atom. The number of hydrogen-bond donors (Lipinski definition) is 0. The Kier molecular flexibility index (Phi) is 7.89. The van der Waals surface area contributed by atoms with E-state index in [0.717, 1.165) is 37.1 Å². The van der Waals surface area contributed by atoms with Gasteiger partial charge in [0.15, 0.2) is 0 Å². The molecule has 0 aliphatic carbocycles. The topological polar surface area (TPSA) is 22.4 Å². The van der Waals surface area contributed by atoms with Crippen LogP contribution in [0.3, 0.4) is 0 Å². The molecular formula is C23H27O2PS. The van der Waals surface area contributed by atoms with E-state index in [9.17, 15) is 0 Å². The summed E-state index contributed by atoms with van der Waals surface area (Å²) in [5, 5.41) is 0. The molecule has 0 amide bonds. The third-order valence-corrected chi connectivity index (χ3v) is 9.49. The lowest BCUT2D eigenvalue weighted by atomic mass is 10.2. The van der Waals surface area contributed by atoms with Crippen LogP contribution in [0.1, 0.15) is 16.9 Å². The van der Waals surface area contributed by atoms with E-state index in [-0.39, 0.29) is 0 Å². The number of rotatable bonds is 11. The molecule has 0 unspecified atom stereocenters. The zero-order valence-corrected chi connectivity index (χ0v) is 17.3. The monoisotopic (exact) mass is 398 g/mol. The summed E-state index contributed by atoms with van der Waals surface area (Å²) < 4.78 is 11.2. The van der Waals surface area contributed by atoms with E-state index in [1.807, 2.05) is 12.1 Å². The molecule has 1 aromatic heterocycles. The van der Waals surface area contributed by atoms with Gasteiger partial charge in [-0.2, -0.15) is 0 Å². The Hall–Kier alpha value is -1.67. The predicted molar refractivity (Wildman–Crippen MR) is 118 cm³/mol. The van der Waals surface area contributed by atoms with E-state index in [4.69, 9.17) is 21.0 Å². The second-order valence-electron chi connectivity index (χ2n) is 6.83. The Labute approximate surface area is 167 Å². The average Bonchev–Trinajstić information content (AvgIpc) is 3.24. The molecule has 0 radical (unpaired) electrons.